The van der Waals surface area contributed by atoms with Crippen molar-refractivity contribution < 1.29 is 24.0 Å². The smallest absolute Gasteiger partial charge is 0.355 e. The molecule has 4 amide bonds. The number of carbonyl (C=O) groups excluding carboxylic acids is 4. The van der Waals surface area contributed by atoms with Crippen LogP contribution in [0.25, 0.3) is 0 Å². The zero-order chi connectivity index (χ0) is 20.8. The van der Waals surface area contributed by atoms with E-state index in [0.29, 0.717) is 37.0 Å². The lowest BCUT2D eigenvalue weighted by Gasteiger charge is -2.46. The fourth-order valence-electron chi connectivity index (χ4n) is 3.60. The summed E-state index contributed by atoms with van der Waals surface area (Å²) in [5.74, 6) is -1.01. The van der Waals surface area contributed by atoms with Crippen LogP contribution in [0.15, 0.2) is 0 Å². The van der Waals surface area contributed by atoms with E-state index in [1.165, 1.54) is 0 Å². The molecule has 3 atom stereocenters. The van der Waals surface area contributed by atoms with Crippen molar-refractivity contribution in [2.75, 3.05) is 33.7 Å². The third-order valence-electron chi connectivity index (χ3n) is 5.44. The maximum Gasteiger partial charge on any atom is 0.432 e. The third-order valence-corrected chi connectivity index (χ3v) is 5.44. The lowest BCUT2D eigenvalue weighted by molar-refractivity contribution is -0.171. The van der Waals surface area contributed by atoms with Gasteiger partial charge in [-0.05, 0) is 40.8 Å². The second kappa shape index (κ2) is 9.83. The molecule has 2 aliphatic rings. The van der Waals surface area contributed by atoms with Crippen molar-refractivity contribution in [1.82, 2.24) is 25.5 Å². The summed E-state index contributed by atoms with van der Waals surface area (Å²) in [4.78, 5) is 55.9. The lowest BCUT2D eigenvalue weighted by Crippen LogP contribution is -2.64. The Labute approximate surface area is 165 Å². The molecule has 0 radical (unpaired) electrons. The summed E-state index contributed by atoms with van der Waals surface area (Å²) in [6, 6.07) is 0.340. The van der Waals surface area contributed by atoms with Gasteiger partial charge in [-0.2, -0.15) is 0 Å². The fraction of sp³-hybridized carbons (Fsp3) is 0.778. The van der Waals surface area contributed by atoms with Gasteiger partial charge in [-0.25, -0.2) is 4.79 Å². The number of unbranched alkanes of at least 4 members (excludes halogenated alkanes) is 1. The Bertz CT molecular complexity index is 597. The summed E-state index contributed by atoms with van der Waals surface area (Å²) in [7, 11) is 4.01. The van der Waals surface area contributed by atoms with E-state index in [4.69, 9.17) is 4.84 Å². The minimum Gasteiger partial charge on any atom is -0.355 e. The monoisotopic (exact) mass is 407 g/mol. The third kappa shape index (κ3) is 5.41. The van der Waals surface area contributed by atoms with Crippen molar-refractivity contribution in [2.24, 2.45) is 0 Å². The molecule has 0 spiro atoms. The maximum atomic E-state index is 12.5. The molecule has 0 aromatic heterocycles. The van der Waals surface area contributed by atoms with E-state index in [1.807, 2.05) is 14.1 Å². The molecule has 2 saturated heterocycles. The molecule has 2 aliphatic heterocycles. The molecule has 2 N–H and O–H groups in total. The van der Waals surface area contributed by atoms with Crippen molar-refractivity contribution in [2.45, 2.75) is 57.7 Å². The molecule has 0 aromatic carbocycles. The van der Waals surface area contributed by atoms with Gasteiger partial charge in [-0.15, -0.1) is 5.06 Å². The Balaban J connectivity index is 1.61. The zero-order valence-electron chi connectivity index (χ0n) is 17.1. The Morgan fingerprint density at radius 3 is 2.21 bits per heavy atom. The van der Waals surface area contributed by atoms with Gasteiger partial charge in [0.1, 0.15) is 6.04 Å². The van der Waals surface area contributed by atoms with Crippen LogP contribution in [0.2, 0.25) is 0 Å². The summed E-state index contributed by atoms with van der Waals surface area (Å²) in [5.41, 5.74) is 0. The van der Waals surface area contributed by atoms with Crippen molar-refractivity contribution in [3.8, 4) is 0 Å². The summed E-state index contributed by atoms with van der Waals surface area (Å²) in [6.07, 6.45) is 0.613. The molecule has 0 aliphatic carbocycles. The number of amides is 4. The van der Waals surface area contributed by atoms with Crippen molar-refractivity contribution in [3.63, 3.8) is 0 Å². The van der Waals surface area contributed by atoms with E-state index in [9.17, 15) is 19.2 Å². The molecular formula is C18H31N5O5. The van der Waals surface area contributed by atoms with Crippen LogP contribution >= 0.6 is 0 Å². The standard InChI is InChI=1S/C18H31N5O5/c1-12-11-21(3)16(13(2)22(12)4)17(26)19-9-5-6-10-20-18(27)28-23-14(24)7-8-15(23)25/h12-13,16H,5-11H2,1-4H3,(H,19,26)(H,20,27)/i3+1,5+1,6+1,9+1,10+1,18+1,19+1,20+1,21+1,22+1. The Morgan fingerprint density at radius 2 is 1.61 bits per heavy atom. The lowest BCUT2D eigenvalue weighted by atomic mass is 10.1. The van der Waals surface area contributed by atoms with Crippen LogP contribution in [0.4, 0.5) is 4.79 Å². The number of likely N-dealkylation sites (N-methyl/N-ethyl adjacent to an activating group) is 2. The minimum atomic E-state index is -0.831. The first kappa shape index (κ1) is 22.1. The van der Waals surface area contributed by atoms with Crippen LogP contribution < -0.4 is 10.6 Å². The molecule has 0 aromatic rings. The fourth-order valence-corrected chi connectivity index (χ4v) is 3.60. The van der Waals surface area contributed by atoms with Gasteiger partial charge in [-0.3, -0.25) is 24.2 Å². The van der Waals surface area contributed by atoms with Gasteiger partial charge in [-0.1, -0.05) is 0 Å². The number of piperazine rings is 1. The van der Waals surface area contributed by atoms with E-state index in [2.05, 4.69) is 34.3 Å². The number of rotatable bonds is 7. The highest BCUT2D eigenvalue weighted by Crippen LogP contribution is 2.18. The number of hydrogen-bond donors (Lipinski definition) is 2. The Morgan fingerprint density at radius 1 is 1.04 bits per heavy atom. The maximum absolute atomic E-state index is 12.5. The van der Waals surface area contributed by atoms with Crippen LogP contribution in [0.5, 0.6) is 0 Å². The van der Waals surface area contributed by atoms with Crippen LogP contribution in [0.3, 0.4) is 0 Å². The van der Waals surface area contributed by atoms with Crippen molar-refractivity contribution in [3.05, 3.63) is 0 Å². The first-order chi connectivity index (χ1) is 13.2. The van der Waals surface area contributed by atoms with Gasteiger partial charge in [0.05, 0.1) is 0 Å². The predicted octanol–water partition coefficient (Wildman–Crippen LogP) is -0.304. The normalized spacial score (nSPS) is 26.4. The first-order valence-corrected chi connectivity index (χ1v) is 9.73. The number of imide groups is 1. The molecule has 2 fully saturated rings. The highest BCUT2D eigenvalue weighted by Gasteiger charge is 2.38. The van der Waals surface area contributed by atoms with Gasteiger partial charge < -0.3 is 15.5 Å². The number of hydrogen-bond acceptors (Lipinski definition) is 7. The predicted molar refractivity (Wildman–Crippen MR) is 101 cm³/mol. The Kier molecular flexibility index (Phi) is 7.76. The zero-order valence-corrected chi connectivity index (χ0v) is 17.1. The molecule has 2 heterocycles. The number of nitrogens with zero attached hydrogens (tertiary/aromatic N) is 3. The van der Waals surface area contributed by atoms with Gasteiger partial charge in [0, 0.05) is 44.6 Å². The second-order valence-corrected chi connectivity index (χ2v) is 7.53. The highest BCUT2D eigenvalue weighted by molar-refractivity contribution is 6.01. The summed E-state index contributed by atoms with van der Waals surface area (Å²) in [5, 5.41) is 5.96. The molecule has 0 bridgehead atoms. The largest absolute Gasteiger partial charge is 0.432 e. The summed E-state index contributed by atoms with van der Waals surface area (Å²) in [6.45, 7) is 5.88. The van der Waals surface area contributed by atoms with E-state index in [-0.39, 0.29) is 30.8 Å². The van der Waals surface area contributed by atoms with E-state index >= 15 is 0 Å². The number of nitrogens with one attached hydrogen (secondary N) is 2. The molecule has 3 unspecified atom stereocenters. The highest BCUT2D eigenvalue weighted by atomic mass is 16.8. The summed E-state index contributed by atoms with van der Waals surface area (Å²) < 4.78 is 0. The molecule has 10 heteroatoms. The van der Waals surface area contributed by atoms with E-state index < -0.39 is 17.9 Å². The summed E-state index contributed by atoms with van der Waals surface area (Å²) >= 11 is 0. The van der Waals surface area contributed by atoms with Crippen molar-refractivity contribution >= 4 is 23.8 Å². The van der Waals surface area contributed by atoms with Crippen LogP contribution in [0, 0.1) is 0 Å². The molecule has 158 valence electrons. The van der Waals surface area contributed by atoms with Crippen LogP contribution in [-0.4, -0.2) is 90.5 Å². The topological polar surface area (TPSA) is 111 Å². The van der Waals surface area contributed by atoms with E-state index in [1.54, 1.807) is 0 Å². The van der Waals surface area contributed by atoms with Crippen molar-refractivity contribution in [1.29, 1.82) is 0 Å². The second-order valence-electron chi connectivity index (χ2n) is 7.53. The van der Waals surface area contributed by atoms with Gasteiger partial charge >= 0.3 is 6.09 Å². The molecule has 0 saturated carbocycles. The quantitative estimate of drug-likeness (QED) is 0.258. The average molecular weight is 407 g/mol. The van der Waals surface area contributed by atoms with Crippen LogP contribution in [0.1, 0.15) is 39.5 Å². The first-order valence-electron chi connectivity index (χ1n) is 9.73. The Hall–Kier alpha value is -2.20. The molecule has 28 heavy (non-hydrogen) atoms. The number of carbonyl (C=O) groups is 4. The average Bonchev–Trinajstić information content (AvgIpc) is 2.94. The van der Waals surface area contributed by atoms with Crippen LogP contribution in [-0.2, 0) is 19.2 Å². The molecule has 10 nitrogen and oxygen atoms in total. The van der Waals surface area contributed by atoms with Gasteiger partial charge in [0.25, 0.3) is 11.8 Å². The SMILES string of the molecule is CC1C[15N]([13CH3])C(C(=O)[15NH][13CH2][13CH2][13CH2][13CH2][15NH][13C](=O)ON2C(=O)CCC2=O)C(C)[15N]1C. The molecular weight excluding hydrogens is 376 g/mol. The van der Waals surface area contributed by atoms with Gasteiger partial charge in [0.2, 0.25) is 5.91 Å². The van der Waals surface area contributed by atoms with E-state index in [0.717, 1.165) is 6.54 Å². The number of hydroxylamine groups is 2. The minimum absolute atomic E-state index is 0.00665. The molecule has 2 rings (SSSR count). The van der Waals surface area contributed by atoms with Gasteiger partial charge in [0.15, 0.2) is 0 Å².